The molecule has 1 aliphatic rings. The van der Waals surface area contributed by atoms with Gasteiger partial charge in [0, 0.05) is 24.6 Å². The summed E-state index contributed by atoms with van der Waals surface area (Å²) in [6, 6.07) is 3.44. The Morgan fingerprint density at radius 1 is 1.50 bits per heavy atom. The van der Waals surface area contributed by atoms with E-state index in [4.69, 9.17) is 9.47 Å². The molecule has 0 radical (unpaired) electrons. The topological polar surface area (TPSA) is 64.6 Å². The second kappa shape index (κ2) is 7.51. The fraction of sp³-hybridized carbons (Fsp3) is 0.692. The Labute approximate surface area is 124 Å². The van der Waals surface area contributed by atoms with Crippen molar-refractivity contribution in [1.29, 1.82) is 0 Å². The smallest absolute Gasteiger partial charge is 0.250 e. The molecule has 1 aromatic heterocycles. The third kappa shape index (κ3) is 4.82. The lowest BCUT2D eigenvalue weighted by atomic mass is 10.2. The maximum Gasteiger partial charge on any atom is 0.250 e. The van der Waals surface area contributed by atoms with Gasteiger partial charge >= 0.3 is 0 Å². The van der Waals surface area contributed by atoms with E-state index in [1.807, 2.05) is 13.0 Å². The summed E-state index contributed by atoms with van der Waals surface area (Å²) in [5.41, 5.74) is 0. The van der Waals surface area contributed by atoms with Gasteiger partial charge in [-0.3, -0.25) is 0 Å². The molecule has 0 bridgehead atoms. The van der Waals surface area contributed by atoms with Crippen molar-refractivity contribution in [3.63, 3.8) is 0 Å². The van der Waals surface area contributed by atoms with E-state index in [1.54, 1.807) is 6.07 Å². The first kappa shape index (κ1) is 15.9. The fourth-order valence-electron chi connectivity index (χ4n) is 2.00. The second-order valence-corrected chi connectivity index (χ2v) is 8.11. The van der Waals surface area contributed by atoms with Crippen LogP contribution < -0.4 is 4.72 Å². The Morgan fingerprint density at radius 3 is 3.00 bits per heavy atom. The molecule has 1 N–H and O–H groups in total. The van der Waals surface area contributed by atoms with Gasteiger partial charge in [-0.1, -0.05) is 0 Å². The van der Waals surface area contributed by atoms with E-state index < -0.39 is 10.0 Å². The van der Waals surface area contributed by atoms with Crippen LogP contribution in [-0.4, -0.2) is 40.9 Å². The van der Waals surface area contributed by atoms with Gasteiger partial charge in [0.15, 0.2) is 0 Å². The Morgan fingerprint density at radius 2 is 2.35 bits per heavy atom. The molecule has 0 amide bonds. The Balaban J connectivity index is 1.60. The highest BCUT2D eigenvalue weighted by molar-refractivity contribution is 7.91. The zero-order valence-corrected chi connectivity index (χ0v) is 13.3. The molecule has 2 heterocycles. The van der Waals surface area contributed by atoms with Crippen LogP contribution in [-0.2, 0) is 19.5 Å². The summed E-state index contributed by atoms with van der Waals surface area (Å²) in [4.78, 5) is 0.991. The molecule has 1 unspecified atom stereocenters. The molecule has 1 aliphatic heterocycles. The van der Waals surface area contributed by atoms with Crippen LogP contribution in [0.1, 0.15) is 24.1 Å². The zero-order valence-electron chi connectivity index (χ0n) is 11.6. The predicted octanol–water partition coefficient (Wildman–Crippen LogP) is 1.92. The van der Waals surface area contributed by atoms with Crippen molar-refractivity contribution in [3.8, 4) is 0 Å². The molecule has 1 fully saturated rings. The molecule has 20 heavy (non-hydrogen) atoms. The number of sulfonamides is 1. The molecular weight excluding hydrogens is 298 g/mol. The number of aryl methyl sites for hydroxylation is 1. The first-order valence-electron chi connectivity index (χ1n) is 6.83. The quantitative estimate of drug-likeness (QED) is 0.744. The van der Waals surface area contributed by atoms with Gasteiger partial charge < -0.3 is 9.47 Å². The molecule has 114 valence electrons. The lowest BCUT2D eigenvalue weighted by Gasteiger charge is -2.10. The van der Waals surface area contributed by atoms with Crippen LogP contribution in [0.2, 0.25) is 0 Å². The minimum Gasteiger partial charge on any atom is -0.379 e. The van der Waals surface area contributed by atoms with E-state index in [-0.39, 0.29) is 6.10 Å². The van der Waals surface area contributed by atoms with E-state index in [9.17, 15) is 8.42 Å². The molecule has 1 atom stereocenters. The maximum absolute atomic E-state index is 11.9. The molecular formula is C13H21NO4S2. The van der Waals surface area contributed by atoms with E-state index in [0.29, 0.717) is 30.4 Å². The molecule has 2 rings (SSSR count). The van der Waals surface area contributed by atoms with Gasteiger partial charge in [-0.05, 0) is 38.3 Å². The summed E-state index contributed by atoms with van der Waals surface area (Å²) in [6.07, 6.45) is 3.05. The summed E-state index contributed by atoms with van der Waals surface area (Å²) in [5, 5.41) is 0. The SMILES string of the molecule is Cc1ccc(S(=O)(=O)NCCCOCC2CCCO2)s1. The van der Waals surface area contributed by atoms with Gasteiger partial charge in [0.05, 0.1) is 12.7 Å². The predicted molar refractivity (Wildman–Crippen MR) is 78.7 cm³/mol. The number of nitrogens with one attached hydrogen (secondary N) is 1. The van der Waals surface area contributed by atoms with Crippen molar-refractivity contribution in [2.45, 2.75) is 36.5 Å². The van der Waals surface area contributed by atoms with Crippen LogP contribution in [0.5, 0.6) is 0 Å². The van der Waals surface area contributed by atoms with Crippen molar-refractivity contribution in [2.24, 2.45) is 0 Å². The van der Waals surface area contributed by atoms with Gasteiger partial charge in [0.1, 0.15) is 4.21 Å². The van der Waals surface area contributed by atoms with Crippen molar-refractivity contribution >= 4 is 21.4 Å². The normalized spacial score (nSPS) is 19.6. The summed E-state index contributed by atoms with van der Waals surface area (Å²) < 4.78 is 37.7. The van der Waals surface area contributed by atoms with Crippen LogP contribution in [0, 0.1) is 6.92 Å². The van der Waals surface area contributed by atoms with Gasteiger partial charge in [-0.15, -0.1) is 11.3 Å². The highest BCUT2D eigenvalue weighted by Crippen LogP contribution is 2.20. The molecule has 0 spiro atoms. The van der Waals surface area contributed by atoms with Crippen LogP contribution in [0.25, 0.3) is 0 Å². The highest BCUT2D eigenvalue weighted by Gasteiger charge is 2.16. The minimum atomic E-state index is -3.35. The van der Waals surface area contributed by atoms with E-state index >= 15 is 0 Å². The van der Waals surface area contributed by atoms with Crippen LogP contribution >= 0.6 is 11.3 Å². The first-order chi connectivity index (χ1) is 9.58. The van der Waals surface area contributed by atoms with Crippen LogP contribution in [0.4, 0.5) is 0 Å². The summed E-state index contributed by atoms with van der Waals surface area (Å²) in [7, 11) is -3.35. The van der Waals surface area contributed by atoms with Gasteiger partial charge in [-0.2, -0.15) is 0 Å². The van der Waals surface area contributed by atoms with E-state index in [0.717, 1.165) is 24.3 Å². The van der Waals surface area contributed by atoms with Crippen molar-refractivity contribution < 1.29 is 17.9 Å². The lowest BCUT2D eigenvalue weighted by Crippen LogP contribution is -2.25. The molecule has 7 heteroatoms. The Kier molecular flexibility index (Phi) is 5.98. The average molecular weight is 319 g/mol. The molecule has 0 saturated carbocycles. The molecule has 1 aromatic rings. The summed E-state index contributed by atoms with van der Waals surface area (Å²) in [5.74, 6) is 0. The number of hydrogen-bond acceptors (Lipinski definition) is 5. The van der Waals surface area contributed by atoms with Crippen molar-refractivity contribution in [3.05, 3.63) is 17.0 Å². The number of ether oxygens (including phenoxy) is 2. The Hall–Kier alpha value is -0.470. The molecule has 0 aliphatic carbocycles. The molecule has 1 saturated heterocycles. The second-order valence-electron chi connectivity index (χ2n) is 4.83. The summed E-state index contributed by atoms with van der Waals surface area (Å²) in [6.45, 7) is 4.27. The average Bonchev–Trinajstić information content (AvgIpc) is 3.05. The van der Waals surface area contributed by atoms with Gasteiger partial charge in [0.25, 0.3) is 0 Å². The zero-order chi connectivity index (χ0) is 14.4. The number of hydrogen-bond donors (Lipinski definition) is 1. The van der Waals surface area contributed by atoms with E-state index in [2.05, 4.69) is 4.72 Å². The van der Waals surface area contributed by atoms with Crippen molar-refractivity contribution in [2.75, 3.05) is 26.4 Å². The Bertz CT molecular complexity index is 506. The maximum atomic E-state index is 11.9. The number of thiophene rings is 1. The van der Waals surface area contributed by atoms with Gasteiger partial charge in [0.2, 0.25) is 10.0 Å². The third-order valence-corrected chi connectivity index (χ3v) is 6.02. The largest absolute Gasteiger partial charge is 0.379 e. The summed E-state index contributed by atoms with van der Waals surface area (Å²) >= 11 is 1.28. The highest BCUT2D eigenvalue weighted by atomic mass is 32.2. The minimum absolute atomic E-state index is 0.223. The number of rotatable bonds is 8. The lowest BCUT2D eigenvalue weighted by molar-refractivity contribution is 0.0169. The van der Waals surface area contributed by atoms with Crippen LogP contribution in [0.3, 0.4) is 0 Å². The molecule has 0 aromatic carbocycles. The third-order valence-electron chi connectivity index (χ3n) is 3.07. The van der Waals surface area contributed by atoms with Crippen molar-refractivity contribution in [1.82, 2.24) is 4.72 Å². The van der Waals surface area contributed by atoms with Crippen LogP contribution in [0.15, 0.2) is 16.3 Å². The fourth-order valence-corrected chi connectivity index (χ4v) is 4.40. The molecule has 5 nitrogen and oxygen atoms in total. The van der Waals surface area contributed by atoms with Gasteiger partial charge in [-0.25, -0.2) is 13.1 Å². The standard InChI is InChI=1S/C13H21NO4S2/c1-11-5-6-13(19-11)20(15,16)14-7-3-8-17-10-12-4-2-9-18-12/h5-6,12,14H,2-4,7-10H2,1H3. The van der Waals surface area contributed by atoms with E-state index in [1.165, 1.54) is 11.3 Å². The first-order valence-corrected chi connectivity index (χ1v) is 9.13. The monoisotopic (exact) mass is 319 g/mol.